The van der Waals surface area contributed by atoms with Crippen molar-refractivity contribution in [2.24, 2.45) is 0 Å². The number of nitrogens with zero attached hydrogens (tertiary/aromatic N) is 1. The zero-order valence-electron chi connectivity index (χ0n) is 11.1. The summed E-state index contributed by atoms with van der Waals surface area (Å²) in [5.41, 5.74) is 0.926. The minimum absolute atomic E-state index is 0.520. The van der Waals surface area contributed by atoms with Crippen molar-refractivity contribution < 1.29 is 14.6 Å². The molecule has 1 aromatic heterocycles. The van der Waals surface area contributed by atoms with Gasteiger partial charge in [-0.1, -0.05) is 18.2 Å². The molecule has 2 rings (SSSR count). The lowest BCUT2D eigenvalue weighted by Gasteiger charge is -2.13. The van der Waals surface area contributed by atoms with Crippen LogP contribution in [-0.4, -0.2) is 37.0 Å². The van der Waals surface area contributed by atoms with Gasteiger partial charge in [0.05, 0.1) is 19.3 Å². The number of pyridine rings is 1. The molecule has 0 spiro atoms. The molecule has 0 saturated heterocycles. The summed E-state index contributed by atoms with van der Waals surface area (Å²) in [6.07, 6.45) is 3.60. The van der Waals surface area contributed by atoms with Crippen LogP contribution in [0, 0.1) is 0 Å². The van der Waals surface area contributed by atoms with Crippen LogP contribution in [0.4, 0.5) is 0 Å². The first-order valence-electron chi connectivity index (χ1n) is 6.40. The van der Waals surface area contributed by atoms with Crippen molar-refractivity contribution in [2.75, 3.05) is 26.9 Å². The van der Waals surface area contributed by atoms with Crippen molar-refractivity contribution in [3.05, 3.63) is 42.2 Å². The van der Waals surface area contributed by atoms with Gasteiger partial charge in [0, 0.05) is 37.9 Å². The van der Waals surface area contributed by atoms with E-state index in [1.165, 1.54) is 0 Å². The third-order valence-corrected chi connectivity index (χ3v) is 3.04. The van der Waals surface area contributed by atoms with E-state index >= 15 is 0 Å². The smallest absolute Gasteiger partial charge is 0.0818 e. The minimum Gasteiger partial charge on any atom is -0.388 e. The highest BCUT2D eigenvalue weighted by atomic mass is 16.5. The average molecular weight is 261 g/mol. The molecule has 2 aromatic rings. The van der Waals surface area contributed by atoms with Gasteiger partial charge < -0.3 is 14.6 Å². The molecule has 4 heteroatoms. The molecule has 1 N–H and O–H groups in total. The maximum absolute atomic E-state index is 10.2. The highest BCUT2D eigenvalue weighted by Crippen LogP contribution is 2.25. The van der Waals surface area contributed by atoms with E-state index in [0.717, 1.165) is 16.3 Å². The topological polar surface area (TPSA) is 51.6 Å². The Kier molecular flexibility index (Phi) is 5.27. The van der Waals surface area contributed by atoms with Crippen LogP contribution in [-0.2, 0) is 9.47 Å². The van der Waals surface area contributed by atoms with Gasteiger partial charge in [0.25, 0.3) is 0 Å². The Morgan fingerprint density at radius 2 is 2.11 bits per heavy atom. The molecule has 0 aliphatic carbocycles. The summed E-state index contributed by atoms with van der Waals surface area (Å²) in [6.45, 7) is 1.66. The van der Waals surface area contributed by atoms with Crippen molar-refractivity contribution in [1.29, 1.82) is 0 Å². The second-order valence-electron chi connectivity index (χ2n) is 4.35. The van der Waals surface area contributed by atoms with E-state index in [-0.39, 0.29) is 0 Å². The number of aliphatic hydroxyl groups is 1. The number of aliphatic hydroxyl groups excluding tert-OH is 1. The number of benzene rings is 1. The molecular weight excluding hydrogens is 242 g/mol. The Morgan fingerprint density at radius 1 is 1.21 bits per heavy atom. The number of aromatic nitrogens is 1. The Morgan fingerprint density at radius 3 is 2.95 bits per heavy atom. The lowest BCUT2D eigenvalue weighted by atomic mass is 10.0. The molecule has 0 radical (unpaired) electrons. The van der Waals surface area contributed by atoms with Crippen LogP contribution >= 0.6 is 0 Å². The van der Waals surface area contributed by atoms with Gasteiger partial charge in [-0.2, -0.15) is 0 Å². The summed E-state index contributed by atoms with van der Waals surface area (Å²) in [4.78, 5) is 4.09. The Bertz CT molecular complexity index is 510. The van der Waals surface area contributed by atoms with Crippen LogP contribution in [0.25, 0.3) is 10.8 Å². The summed E-state index contributed by atoms with van der Waals surface area (Å²) in [6, 6.07) is 7.81. The lowest BCUT2D eigenvalue weighted by Crippen LogP contribution is -2.07. The van der Waals surface area contributed by atoms with E-state index in [1.807, 2.05) is 24.3 Å². The first-order chi connectivity index (χ1) is 9.33. The zero-order chi connectivity index (χ0) is 13.5. The Hall–Kier alpha value is -1.49. The van der Waals surface area contributed by atoms with Crippen molar-refractivity contribution in [3.63, 3.8) is 0 Å². The van der Waals surface area contributed by atoms with Gasteiger partial charge in [0.2, 0.25) is 0 Å². The maximum Gasteiger partial charge on any atom is 0.0818 e. The SMILES string of the molecule is COCCOCCC(O)c1cccc2cnccc12. The predicted molar refractivity (Wildman–Crippen MR) is 74.0 cm³/mol. The standard InChI is InChI=1S/C15H19NO3/c1-18-9-10-19-8-6-15(17)14-4-2-3-12-11-16-7-5-13(12)14/h2-5,7,11,15,17H,6,8-10H2,1H3. The summed E-state index contributed by atoms with van der Waals surface area (Å²) in [7, 11) is 1.64. The third-order valence-electron chi connectivity index (χ3n) is 3.04. The number of fused-ring (bicyclic) bond motifs is 1. The summed E-state index contributed by atoms with van der Waals surface area (Å²) >= 11 is 0. The number of methoxy groups -OCH3 is 1. The normalized spacial score (nSPS) is 12.7. The van der Waals surface area contributed by atoms with E-state index in [9.17, 15) is 5.11 Å². The van der Waals surface area contributed by atoms with Crippen molar-refractivity contribution in [3.8, 4) is 0 Å². The first-order valence-corrected chi connectivity index (χ1v) is 6.40. The summed E-state index contributed by atoms with van der Waals surface area (Å²) in [5, 5.41) is 12.3. The lowest BCUT2D eigenvalue weighted by molar-refractivity contribution is 0.0478. The van der Waals surface area contributed by atoms with Crippen molar-refractivity contribution >= 4 is 10.8 Å². The van der Waals surface area contributed by atoms with Crippen molar-refractivity contribution in [2.45, 2.75) is 12.5 Å². The fourth-order valence-electron chi connectivity index (χ4n) is 2.03. The van der Waals surface area contributed by atoms with Gasteiger partial charge in [-0.05, 0) is 17.0 Å². The second kappa shape index (κ2) is 7.19. The fourth-order valence-corrected chi connectivity index (χ4v) is 2.03. The molecule has 19 heavy (non-hydrogen) atoms. The largest absolute Gasteiger partial charge is 0.388 e. The van der Waals surface area contributed by atoms with Crippen LogP contribution in [0.15, 0.2) is 36.7 Å². The molecule has 1 heterocycles. The molecule has 1 atom stereocenters. The molecule has 1 aromatic carbocycles. The maximum atomic E-state index is 10.2. The monoisotopic (exact) mass is 261 g/mol. The van der Waals surface area contributed by atoms with Crippen LogP contribution in [0.5, 0.6) is 0 Å². The van der Waals surface area contributed by atoms with Gasteiger partial charge in [-0.3, -0.25) is 4.98 Å². The van der Waals surface area contributed by atoms with Crippen LogP contribution in [0.2, 0.25) is 0 Å². The predicted octanol–water partition coefficient (Wildman–Crippen LogP) is 2.32. The van der Waals surface area contributed by atoms with Gasteiger partial charge >= 0.3 is 0 Å². The van der Waals surface area contributed by atoms with Gasteiger partial charge in [0.15, 0.2) is 0 Å². The molecule has 0 aliphatic rings. The van der Waals surface area contributed by atoms with E-state index in [2.05, 4.69) is 4.98 Å². The number of rotatable bonds is 7. The summed E-state index contributed by atoms with van der Waals surface area (Å²) < 4.78 is 10.3. The molecule has 0 amide bonds. The molecule has 0 fully saturated rings. The van der Waals surface area contributed by atoms with Gasteiger partial charge in [0.1, 0.15) is 0 Å². The van der Waals surface area contributed by atoms with E-state index < -0.39 is 6.10 Å². The molecular formula is C15H19NO3. The van der Waals surface area contributed by atoms with Crippen molar-refractivity contribution in [1.82, 2.24) is 4.98 Å². The number of hydrogen-bond donors (Lipinski definition) is 1. The zero-order valence-corrected chi connectivity index (χ0v) is 11.1. The van der Waals surface area contributed by atoms with E-state index in [0.29, 0.717) is 26.2 Å². The van der Waals surface area contributed by atoms with Crippen LogP contribution < -0.4 is 0 Å². The highest BCUT2D eigenvalue weighted by molar-refractivity contribution is 5.85. The Balaban J connectivity index is 1.99. The first kappa shape index (κ1) is 13.9. The van der Waals surface area contributed by atoms with Crippen LogP contribution in [0.1, 0.15) is 18.1 Å². The number of ether oxygens (including phenoxy) is 2. The molecule has 4 nitrogen and oxygen atoms in total. The third kappa shape index (κ3) is 3.73. The molecule has 0 bridgehead atoms. The molecule has 0 aliphatic heterocycles. The van der Waals surface area contributed by atoms with Gasteiger partial charge in [-0.15, -0.1) is 0 Å². The molecule has 102 valence electrons. The average Bonchev–Trinajstić information content (AvgIpc) is 2.46. The molecule has 0 saturated carbocycles. The van der Waals surface area contributed by atoms with E-state index in [1.54, 1.807) is 19.5 Å². The second-order valence-corrected chi connectivity index (χ2v) is 4.35. The molecule has 1 unspecified atom stereocenters. The van der Waals surface area contributed by atoms with Gasteiger partial charge in [-0.25, -0.2) is 0 Å². The van der Waals surface area contributed by atoms with Crippen LogP contribution in [0.3, 0.4) is 0 Å². The fraction of sp³-hybridized carbons (Fsp3) is 0.400. The minimum atomic E-state index is -0.520. The van der Waals surface area contributed by atoms with E-state index in [4.69, 9.17) is 9.47 Å². The summed E-state index contributed by atoms with van der Waals surface area (Å²) in [5.74, 6) is 0. The quantitative estimate of drug-likeness (QED) is 0.777. The Labute approximate surface area is 113 Å². The highest BCUT2D eigenvalue weighted by Gasteiger charge is 2.10. The number of hydrogen-bond acceptors (Lipinski definition) is 4.